The Hall–Kier alpha value is -3.09. The second-order valence-electron chi connectivity index (χ2n) is 9.25. The van der Waals surface area contributed by atoms with E-state index in [4.69, 9.17) is 4.74 Å². The largest absolute Gasteiger partial charge is 0.476 e. The molecule has 2 aliphatic heterocycles. The molecule has 0 radical (unpaired) electrons. The van der Waals surface area contributed by atoms with Crippen molar-refractivity contribution in [2.45, 2.75) is 30.6 Å². The highest BCUT2D eigenvalue weighted by atomic mass is 32.2. The number of thiazole rings is 1. The van der Waals surface area contributed by atoms with Crippen molar-refractivity contribution in [3.05, 3.63) is 42.0 Å². The monoisotopic (exact) mass is 542 g/mol. The maximum absolute atomic E-state index is 13.3. The molecule has 0 atom stereocenters. The van der Waals surface area contributed by atoms with Gasteiger partial charge < -0.3 is 4.74 Å². The van der Waals surface area contributed by atoms with E-state index in [1.54, 1.807) is 18.2 Å². The minimum Gasteiger partial charge on any atom is -0.476 e. The molecule has 12 heteroatoms. The number of ether oxygens (including phenoxy) is 1. The quantitative estimate of drug-likeness (QED) is 0.410. The van der Waals surface area contributed by atoms with Gasteiger partial charge in [-0.25, -0.2) is 18.4 Å². The molecule has 10 nitrogen and oxygen atoms in total. The lowest BCUT2D eigenvalue weighted by atomic mass is 10.1. The molecule has 2 fully saturated rings. The Labute approximate surface area is 220 Å². The third-order valence-electron chi connectivity index (χ3n) is 6.40. The molecular weight excluding hydrogens is 512 g/mol. The van der Waals surface area contributed by atoms with Crippen LogP contribution in [0.3, 0.4) is 0 Å². The fourth-order valence-corrected chi connectivity index (χ4v) is 5.87. The van der Waals surface area contributed by atoms with Crippen molar-refractivity contribution < 1.29 is 17.9 Å². The first kappa shape index (κ1) is 25.6. The highest BCUT2D eigenvalue weighted by molar-refractivity contribution is 7.90. The van der Waals surface area contributed by atoms with Crippen molar-refractivity contribution in [1.29, 1.82) is 0 Å². The fourth-order valence-electron chi connectivity index (χ4n) is 4.41. The number of aromatic nitrogens is 2. The maximum Gasteiger partial charge on any atom is 0.278 e. The highest BCUT2D eigenvalue weighted by Gasteiger charge is 2.21. The fraction of sp³-hybridized carbons (Fsp3) is 0.440. The molecule has 2 aliphatic rings. The van der Waals surface area contributed by atoms with Gasteiger partial charge in [-0.1, -0.05) is 23.5 Å². The van der Waals surface area contributed by atoms with Crippen molar-refractivity contribution in [2.75, 3.05) is 50.9 Å². The lowest BCUT2D eigenvalue weighted by Crippen LogP contribution is -2.27. The number of carbonyl (C=O) groups excluding carboxylic acids is 1. The van der Waals surface area contributed by atoms with Crippen LogP contribution >= 0.6 is 11.3 Å². The van der Waals surface area contributed by atoms with Crippen LogP contribution in [0.2, 0.25) is 0 Å². The van der Waals surface area contributed by atoms with Crippen LogP contribution in [-0.2, 0) is 14.6 Å². The average Bonchev–Trinajstić information content (AvgIpc) is 3.64. The molecule has 37 heavy (non-hydrogen) atoms. The van der Waals surface area contributed by atoms with Crippen molar-refractivity contribution in [2.24, 2.45) is 5.10 Å². The Morgan fingerprint density at radius 3 is 2.43 bits per heavy atom. The van der Waals surface area contributed by atoms with Gasteiger partial charge in [0.05, 0.1) is 4.90 Å². The molecule has 1 N–H and O–H groups in total. The summed E-state index contributed by atoms with van der Waals surface area (Å²) in [4.78, 5) is 25.6. The van der Waals surface area contributed by atoms with Crippen LogP contribution in [0.1, 0.15) is 31.2 Å². The molecular formula is C25H30N6O4S2. The van der Waals surface area contributed by atoms with Gasteiger partial charge in [0.2, 0.25) is 5.88 Å². The van der Waals surface area contributed by atoms with Gasteiger partial charge in [-0.05, 0) is 57.0 Å². The van der Waals surface area contributed by atoms with Gasteiger partial charge in [-0.15, -0.1) is 0 Å². The Balaban J connectivity index is 1.31. The molecule has 1 aromatic carbocycles. The summed E-state index contributed by atoms with van der Waals surface area (Å²) < 4.78 is 29.5. The molecule has 4 heterocycles. The van der Waals surface area contributed by atoms with Crippen LogP contribution in [-0.4, -0.2) is 85.5 Å². The van der Waals surface area contributed by atoms with Gasteiger partial charge in [-0.2, -0.15) is 5.10 Å². The summed E-state index contributed by atoms with van der Waals surface area (Å²) in [6.45, 7) is 5.24. The van der Waals surface area contributed by atoms with Gasteiger partial charge in [0.1, 0.15) is 17.0 Å². The van der Waals surface area contributed by atoms with Crippen molar-refractivity contribution in [3.63, 3.8) is 0 Å². The molecule has 0 spiro atoms. The topological polar surface area (TPSA) is 117 Å². The van der Waals surface area contributed by atoms with Crippen LogP contribution in [0, 0.1) is 0 Å². The van der Waals surface area contributed by atoms with Crippen molar-refractivity contribution >= 4 is 48.3 Å². The maximum atomic E-state index is 13.3. The Morgan fingerprint density at radius 1 is 1.03 bits per heavy atom. The molecule has 0 saturated carbocycles. The molecule has 2 saturated heterocycles. The summed E-state index contributed by atoms with van der Waals surface area (Å²) in [5.74, 6) is 0.121. The molecule has 5 rings (SSSR count). The molecule has 0 aliphatic carbocycles. The Morgan fingerprint density at radius 2 is 1.73 bits per heavy atom. The van der Waals surface area contributed by atoms with Crippen LogP contribution in [0.15, 0.2) is 46.4 Å². The standard InChI is InChI=1S/C25H30N6O4S2/c1-37(33,34)19-8-6-18(7-9-19)22(29-31-14-4-5-15-31)23(32)28-25-26-20-10-11-21(27-24(20)36-25)35-17-16-30-12-2-3-13-30/h6-11H,2-5,12-17H2,1H3,(H,26,28,32). The van der Waals surface area contributed by atoms with Crippen molar-refractivity contribution in [1.82, 2.24) is 19.9 Å². The smallest absolute Gasteiger partial charge is 0.278 e. The van der Waals surface area contributed by atoms with Crippen molar-refractivity contribution in [3.8, 4) is 5.88 Å². The van der Waals surface area contributed by atoms with E-state index in [0.29, 0.717) is 33.5 Å². The number of sulfone groups is 1. The van der Waals surface area contributed by atoms with Crippen LogP contribution in [0.4, 0.5) is 5.13 Å². The van der Waals surface area contributed by atoms with Gasteiger partial charge >= 0.3 is 0 Å². The summed E-state index contributed by atoms with van der Waals surface area (Å²) in [5, 5.41) is 9.72. The summed E-state index contributed by atoms with van der Waals surface area (Å²) in [7, 11) is -3.34. The van der Waals surface area contributed by atoms with E-state index in [2.05, 4.69) is 25.3 Å². The summed E-state index contributed by atoms with van der Waals surface area (Å²) in [6.07, 6.45) is 5.67. The van der Waals surface area contributed by atoms with Gasteiger partial charge in [0, 0.05) is 37.5 Å². The molecule has 196 valence electrons. The van der Waals surface area contributed by atoms with E-state index in [1.807, 2.05) is 11.1 Å². The van der Waals surface area contributed by atoms with Crippen LogP contribution in [0.5, 0.6) is 5.88 Å². The molecule has 2 aromatic heterocycles. The second kappa shape index (κ2) is 11.1. The number of anilines is 1. The number of rotatable bonds is 9. The zero-order valence-electron chi connectivity index (χ0n) is 20.7. The minimum atomic E-state index is -3.34. The highest BCUT2D eigenvalue weighted by Crippen LogP contribution is 2.27. The van der Waals surface area contributed by atoms with Gasteiger partial charge in [0.15, 0.2) is 20.7 Å². The average molecular weight is 543 g/mol. The van der Waals surface area contributed by atoms with E-state index in [0.717, 1.165) is 51.8 Å². The zero-order chi connectivity index (χ0) is 25.8. The molecule has 0 unspecified atom stereocenters. The summed E-state index contributed by atoms with van der Waals surface area (Å²) >= 11 is 1.27. The first-order valence-corrected chi connectivity index (χ1v) is 15.1. The van der Waals surface area contributed by atoms with E-state index in [-0.39, 0.29) is 10.6 Å². The van der Waals surface area contributed by atoms with Crippen LogP contribution in [0.25, 0.3) is 10.3 Å². The molecule has 1 amide bonds. The van der Waals surface area contributed by atoms with Gasteiger partial charge in [0.25, 0.3) is 5.91 Å². The van der Waals surface area contributed by atoms with E-state index in [1.165, 1.54) is 36.3 Å². The lowest BCUT2D eigenvalue weighted by molar-refractivity contribution is -0.110. The van der Waals surface area contributed by atoms with E-state index in [9.17, 15) is 13.2 Å². The normalized spacial score (nSPS) is 17.0. The number of hydrazone groups is 1. The third-order valence-corrected chi connectivity index (χ3v) is 8.41. The number of hydrogen-bond donors (Lipinski definition) is 1. The summed E-state index contributed by atoms with van der Waals surface area (Å²) in [6, 6.07) is 9.83. The number of amides is 1. The molecule has 0 bridgehead atoms. The predicted molar refractivity (Wildman–Crippen MR) is 144 cm³/mol. The number of hydrogen-bond acceptors (Lipinski definition) is 10. The minimum absolute atomic E-state index is 0.188. The Bertz CT molecular complexity index is 1390. The first-order valence-electron chi connectivity index (χ1n) is 12.4. The lowest BCUT2D eigenvalue weighted by Gasteiger charge is -2.14. The second-order valence-corrected chi connectivity index (χ2v) is 12.2. The number of pyridine rings is 1. The number of benzene rings is 1. The predicted octanol–water partition coefficient (Wildman–Crippen LogP) is 3.01. The number of likely N-dealkylation sites (tertiary alicyclic amines) is 1. The number of fused-ring (bicyclic) bond motifs is 1. The van der Waals surface area contributed by atoms with E-state index < -0.39 is 15.7 Å². The zero-order valence-corrected chi connectivity index (χ0v) is 22.4. The summed E-state index contributed by atoms with van der Waals surface area (Å²) in [5.41, 5.74) is 1.41. The third kappa shape index (κ3) is 6.43. The van der Waals surface area contributed by atoms with Gasteiger partial charge in [-0.3, -0.25) is 20.0 Å². The number of nitrogens with one attached hydrogen (secondary N) is 1. The van der Waals surface area contributed by atoms with Crippen LogP contribution < -0.4 is 10.1 Å². The SMILES string of the molecule is CS(=O)(=O)c1ccc(C(=NN2CCCC2)C(=O)Nc2nc3ccc(OCCN4CCCC4)nc3s2)cc1. The first-order chi connectivity index (χ1) is 17.8. The Kier molecular flexibility index (Phi) is 7.68. The number of nitrogens with zero attached hydrogens (tertiary/aromatic N) is 5. The molecule has 3 aromatic rings. The van der Waals surface area contributed by atoms with E-state index >= 15 is 0 Å². The number of carbonyl (C=O) groups is 1.